The number of benzene rings is 2. The molecule has 4 heterocycles. The molecule has 37 heavy (non-hydrogen) atoms. The second-order valence-corrected chi connectivity index (χ2v) is 12.1. The molecule has 0 amide bonds. The van der Waals surface area contributed by atoms with E-state index < -0.39 is 21.9 Å². The molecule has 0 radical (unpaired) electrons. The van der Waals surface area contributed by atoms with Crippen LogP contribution in [0.4, 0.5) is 18.9 Å². The predicted octanol–water partition coefficient (Wildman–Crippen LogP) is 6.98. The Bertz CT molecular complexity index is 1270. The molecule has 0 N–H and O–H groups in total. The van der Waals surface area contributed by atoms with Crippen LogP contribution in [0.3, 0.4) is 0 Å². The fourth-order valence-corrected chi connectivity index (χ4v) is 6.64. The van der Waals surface area contributed by atoms with Gasteiger partial charge in [-0.25, -0.2) is 0 Å². The molecule has 5 nitrogen and oxygen atoms in total. The van der Waals surface area contributed by atoms with Gasteiger partial charge in [-0.1, -0.05) is 40.9 Å². The summed E-state index contributed by atoms with van der Waals surface area (Å²) in [4.78, 5) is 4.02. The van der Waals surface area contributed by atoms with Gasteiger partial charge >= 0.3 is 6.18 Å². The van der Waals surface area contributed by atoms with Crippen LogP contribution in [-0.4, -0.2) is 48.4 Å². The highest BCUT2D eigenvalue weighted by molar-refractivity contribution is 6.68. The number of hydrogen-bond acceptors (Lipinski definition) is 5. The molecule has 0 bridgehead atoms. The lowest BCUT2D eigenvalue weighted by atomic mass is 9.85. The van der Waals surface area contributed by atoms with E-state index in [2.05, 4.69) is 4.90 Å². The van der Waals surface area contributed by atoms with Crippen molar-refractivity contribution < 1.29 is 27.4 Å². The summed E-state index contributed by atoms with van der Waals surface area (Å²) in [7, 11) is 1.54. The van der Waals surface area contributed by atoms with Gasteiger partial charge in [0.2, 0.25) is 10.6 Å². The van der Waals surface area contributed by atoms with Gasteiger partial charge in [-0.3, -0.25) is 0 Å². The van der Waals surface area contributed by atoms with Crippen LogP contribution in [0.1, 0.15) is 41.1 Å². The highest BCUT2D eigenvalue weighted by Crippen LogP contribution is 2.57. The molecule has 4 aliphatic heterocycles. The first-order chi connectivity index (χ1) is 17.6. The summed E-state index contributed by atoms with van der Waals surface area (Å²) in [6.07, 6.45) is -1.46. The molecule has 0 spiro atoms. The standard InChI is InChI=1S/C26H24Cl3F3N2O3/c1-35-19-3-2-15-10-18-17-12-21-20(36-13-37-21)11-14(17)4-9-34(18)24(25(27,28)29)22(15)23(19)33-7-5-16(6-8-33)26(30,31)32/h2-3,10-12,16,24H,4-9,13H2,1H3. The number of piperidine rings is 1. The Hall–Kier alpha value is -2.16. The maximum absolute atomic E-state index is 13.4. The number of alkyl halides is 6. The predicted molar refractivity (Wildman–Crippen MR) is 138 cm³/mol. The molecule has 1 fully saturated rings. The molecule has 0 saturated carbocycles. The van der Waals surface area contributed by atoms with Crippen molar-refractivity contribution in [1.29, 1.82) is 0 Å². The molecule has 1 unspecified atom stereocenters. The largest absolute Gasteiger partial charge is 0.495 e. The van der Waals surface area contributed by atoms with Crippen molar-refractivity contribution in [3.63, 3.8) is 0 Å². The van der Waals surface area contributed by atoms with E-state index in [0.717, 1.165) is 33.7 Å². The molecule has 2 aromatic carbocycles. The summed E-state index contributed by atoms with van der Waals surface area (Å²) in [5.41, 5.74) is 5.25. The van der Waals surface area contributed by atoms with Gasteiger partial charge in [-0.2, -0.15) is 13.2 Å². The van der Waals surface area contributed by atoms with Crippen LogP contribution in [0, 0.1) is 5.92 Å². The quantitative estimate of drug-likeness (QED) is 0.361. The Kier molecular flexibility index (Phi) is 6.08. The maximum Gasteiger partial charge on any atom is 0.391 e. The number of rotatable bonds is 2. The third-order valence-electron chi connectivity index (χ3n) is 7.70. The monoisotopic (exact) mass is 574 g/mol. The Morgan fingerprint density at radius 1 is 1.00 bits per heavy atom. The fraction of sp³-hybridized carbons (Fsp3) is 0.462. The highest BCUT2D eigenvalue weighted by atomic mass is 35.6. The zero-order valence-corrected chi connectivity index (χ0v) is 22.1. The lowest BCUT2D eigenvalue weighted by Gasteiger charge is -2.47. The molecular weight excluding hydrogens is 552 g/mol. The fourth-order valence-electron chi connectivity index (χ4n) is 5.96. The van der Waals surface area contributed by atoms with Crippen LogP contribution < -0.4 is 19.1 Å². The number of ether oxygens (including phenoxy) is 3. The van der Waals surface area contributed by atoms with E-state index in [-0.39, 0.29) is 32.7 Å². The first-order valence-electron chi connectivity index (χ1n) is 12.1. The number of fused-ring (bicyclic) bond motifs is 5. The summed E-state index contributed by atoms with van der Waals surface area (Å²) < 4.78 is 55.3. The van der Waals surface area contributed by atoms with Crippen LogP contribution in [0.25, 0.3) is 11.8 Å². The van der Waals surface area contributed by atoms with Crippen molar-refractivity contribution in [3.05, 3.63) is 46.5 Å². The van der Waals surface area contributed by atoms with Gasteiger partial charge in [0.25, 0.3) is 0 Å². The van der Waals surface area contributed by atoms with E-state index in [4.69, 9.17) is 49.0 Å². The molecule has 0 aromatic heterocycles. The topological polar surface area (TPSA) is 34.2 Å². The van der Waals surface area contributed by atoms with E-state index >= 15 is 0 Å². The van der Waals surface area contributed by atoms with Crippen LogP contribution in [-0.2, 0) is 6.42 Å². The first-order valence-corrected chi connectivity index (χ1v) is 13.2. The van der Waals surface area contributed by atoms with Gasteiger partial charge in [0.05, 0.1) is 18.7 Å². The van der Waals surface area contributed by atoms with Crippen molar-refractivity contribution in [2.45, 2.75) is 35.3 Å². The minimum Gasteiger partial charge on any atom is -0.495 e. The number of hydrogen-bond donors (Lipinski definition) is 0. The molecule has 11 heteroatoms. The highest BCUT2D eigenvalue weighted by Gasteiger charge is 2.48. The summed E-state index contributed by atoms with van der Waals surface area (Å²) in [6, 6.07) is 7.02. The van der Waals surface area contributed by atoms with E-state index in [0.29, 0.717) is 30.2 Å². The molecule has 6 rings (SSSR count). The zero-order valence-electron chi connectivity index (χ0n) is 19.9. The number of methoxy groups -OCH3 is 1. The van der Waals surface area contributed by atoms with E-state index in [1.54, 1.807) is 7.11 Å². The van der Waals surface area contributed by atoms with Crippen LogP contribution in [0.15, 0.2) is 24.3 Å². The number of anilines is 1. The van der Waals surface area contributed by atoms with Crippen molar-refractivity contribution >= 4 is 52.3 Å². The van der Waals surface area contributed by atoms with E-state index in [9.17, 15) is 13.2 Å². The summed E-state index contributed by atoms with van der Waals surface area (Å²) in [6.45, 7) is 1.22. The second-order valence-electron chi connectivity index (χ2n) is 9.70. The Morgan fingerprint density at radius 3 is 2.35 bits per heavy atom. The Morgan fingerprint density at radius 2 is 1.70 bits per heavy atom. The molecular formula is C26H24Cl3F3N2O3. The minimum atomic E-state index is -4.21. The number of halogens is 6. The van der Waals surface area contributed by atoms with Gasteiger partial charge < -0.3 is 24.0 Å². The summed E-state index contributed by atoms with van der Waals surface area (Å²) in [5, 5.41) is 0. The Balaban J connectivity index is 1.49. The zero-order chi connectivity index (χ0) is 26.1. The van der Waals surface area contributed by atoms with Crippen molar-refractivity contribution in [2.75, 3.05) is 38.4 Å². The molecule has 2 aromatic rings. The third kappa shape index (κ3) is 4.25. The lowest BCUT2D eigenvalue weighted by Crippen LogP contribution is -2.44. The van der Waals surface area contributed by atoms with Crippen LogP contribution in [0.2, 0.25) is 0 Å². The van der Waals surface area contributed by atoms with Gasteiger partial charge in [-0.15, -0.1) is 0 Å². The summed E-state index contributed by atoms with van der Waals surface area (Å²) >= 11 is 20.0. The maximum atomic E-state index is 13.4. The lowest BCUT2D eigenvalue weighted by molar-refractivity contribution is -0.179. The molecule has 1 atom stereocenters. The normalized spacial score (nSPS) is 21.3. The van der Waals surface area contributed by atoms with Gasteiger partial charge in [-0.05, 0) is 54.7 Å². The van der Waals surface area contributed by atoms with Gasteiger partial charge in [0.1, 0.15) is 11.8 Å². The van der Waals surface area contributed by atoms with Gasteiger partial charge in [0.15, 0.2) is 11.5 Å². The Labute approximate surface area is 227 Å². The van der Waals surface area contributed by atoms with Crippen LogP contribution >= 0.6 is 34.8 Å². The molecule has 1 saturated heterocycles. The van der Waals surface area contributed by atoms with Gasteiger partial charge in [0, 0.05) is 36.5 Å². The smallest absolute Gasteiger partial charge is 0.391 e. The van der Waals surface area contributed by atoms with E-state index in [1.807, 2.05) is 35.2 Å². The molecule has 4 aliphatic rings. The summed E-state index contributed by atoms with van der Waals surface area (Å²) in [5.74, 6) is 0.606. The second kappa shape index (κ2) is 8.95. The van der Waals surface area contributed by atoms with Crippen molar-refractivity contribution in [3.8, 4) is 17.2 Å². The van der Waals surface area contributed by atoms with E-state index in [1.165, 1.54) is 0 Å². The average molecular weight is 576 g/mol. The minimum absolute atomic E-state index is 0.000116. The van der Waals surface area contributed by atoms with Crippen molar-refractivity contribution in [2.24, 2.45) is 5.92 Å². The van der Waals surface area contributed by atoms with Crippen molar-refractivity contribution in [1.82, 2.24) is 4.90 Å². The number of nitrogens with zero attached hydrogens (tertiary/aromatic N) is 2. The SMILES string of the molecule is COc1ccc2c(c1N1CCC(C(F)(F)F)CC1)C(C(Cl)(Cl)Cl)N1CCc3cc4c(cc3C1=C2)OCO4. The molecule has 0 aliphatic carbocycles. The van der Waals surface area contributed by atoms with Crippen LogP contribution in [0.5, 0.6) is 17.2 Å². The first kappa shape index (κ1) is 25.1. The average Bonchev–Trinajstić information content (AvgIpc) is 3.31. The molecule has 198 valence electrons. The third-order valence-corrected chi connectivity index (χ3v) is 8.32.